The molecule has 1 heterocycles. The van der Waals surface area contributed by atoms with Crippen molar-refractivity contribution in [2.45, 2.75) is 56.3 Å². The van der Waals surface area contributed by atoms with Crippen LogP contribution in [0.15, 0.2) is 48.5 Å². The summed E-state index contributed by atoms with van der Waals surface area (Å²) < 4.78 is 30.9. The van der Waals surface area contributed by atoms with Gasteiger partial charge in [-0.1, -0.05) is 50.2 Å². The Kier molecular flexibility index (Phi) is 8.42. The first kappa shape index (κ1) is 26.5. The number of esters is 2. The fraction of sp³-hybridized carbons (Fsp3) is 0.400. The van der Waals surface area contributed by atoms with Crippen LogP contribution in [0, 0.1) is 5.92 Å². The number of nitrogens with two attached hydrogens (primary N) is 2. The van der Waals surface area contributed by atoms with E-state index in [-0.39, 0.29) is 29.6 Å². The van der Waals surface area contributed by atoms with Crippen LogP contribution < -0.4 is 16.8 Å². The predicted molar refractivity (Wildman–Crippen MR) is 131 cm³/mol. The van der Waals surface area contributed by atoms with Crippen LogP contribution in [-0.4, -0.2) is 43.7 Å². The van der Waals surface area contributed by atoms with Crippen molar-refractivity contribution in [3.63, 3.8) is 0 Å². The number of amides is 1. The fourth-order valence-electron chi connectivity index (χ4n) is 4.00. The normalized spacial score (nSPS) is 17.6. The summed E-state index contributed by atoms with van der Waals surface area (Å²) in [4.78, 5) is 36.6. The second-order valence-electron chi connectivity index (χ2n) is 9.18. The molecule has 9 nitrogen and oxygen atoms in total. The Morgan fingerprint density at radius 3 is 2.40 bits per heavy atom. The Morgan fingerprint density at radius 1 is 1.11 bits per heavy atom. The molecule has 1 fully saturated rings. The fourth-order valence-corrected chi connectivity index (χ4v) is 5.55. The molecular weight excluding hydrogens is 470 g/mol. The first-order valence-electron chi connectivity index (χ1n) is 11.4. The SMILES string of the molecule is CC(C)C[C@H](N)C(=O)OC(=O)c1ccc(CS(=O)(=O)C(N)[C@@H]2CCC(=O)N2)cc1-c1ccccc1. The van der Waals surface area contributed by atoms with E-state index in [1.807, 2.05) is 13.8 Å². The number of ether oxygens (including phenoxy) is 1. The minimum atomic E-state index is -3.82. The molecule has 0 spiro atoms. The van der Waals surface area contributed by atoms with Crippen LogP contribution in [0.3, 0.4) is 0 Å². The van der Waals surface area contributed by atoms with E-state index in [4.69, 9.17) is 16.2 Å². The van der Waals surface area contributed by atoms with E-state index >= 15 is 0 Å². The van der Waals surface area contributed by atoms with Gasteiger partial charge < -0.3 is 21.5 Å². The standard InChI is InChI=1S/C25H31N3O6S/c1-15(2)12-20(26)25(31)34-24(30)18-9-8-16(13-19(18)17-6-4-3-5-7-17)14-35(32,33)23(27)21-10-11-22(29)28-21/h3-9,13,15,20-21,23H,10-12,14,26-27H2,1-2H3,(H,28,29)/t20-,21-,23?/m0/s1. The van der Waals surface area contributed by atoms with E-state index in [9.17, 15) is 22.8 Å². The van der Waals surface area contributed by atoms with Crippen LogP contribution >= 0.6 is 0 Å². The largest absolute Gasteiger partial charge is 0.388 e. The summed E-state index contributed by atoms with van der Waals surface area (Å²) in [5, 5.41) is 1.35. The van der Waals surface area contributed by atoms with Gasteiger partial charge in [0.2, 0.25) is 5.91 Å². The average Bonchev–Trinajstić information content (AvgIpc) is 3.24. The molecule has 0 aliphatic carbocycles. The number of carbonyl (C=O) groups excluding carboxylic acids is 3. The molecule has 35 heavy (non-hydrogen) atoms. The molecular formula is C25H31N3O6S. The molecule has 10 heteroatoms. The Balaban J connectivity index is 1.88. The van der Waals surface area contributed by atoms with Gasteiger partial charge in [0.05, 0.1) is 17.4 Å². The van der Waals surface area contributed by atoms with E-state index in [2.05, 4.69) is 5.32 Å². The molecule has 188 valence electrons. The minimum Gasteiger partial charge on any atom is -0.388 e. The number of rotatable bonds is 9. The molecule has 3 atom stereocenters. The first-order chi connectivity index (χ1) is 16.5. The molecule has 2 aromatic carbocycles. The van der Waals surface area contributed by atoms with Gasteiger partial charge in [0.1, 0.15) is 11.4 Å². The number of benzene rings is 2. The van der Waals surface area contributed by atoms with Crippen LogP contribution in [0.1, 0.15) is 49.0 Å². The van der Waals surface area contributed by atoms with Gasteiger partial charge in [-0.15, -0.1) is 0 Å². The van der Waals surface area contributed by atoms with Crippen LogP contribution in [0.25, 0.3) is 11.1 Å². The van der Waals surface area contributed by atoms with Crippen molar-refractivity contribution >= 4 is 27.7 Å². The molecule has 1 unspecified atom stereocenters. The highest BCUT2D eigenvalue weighted by Crippen LogP contribution is 2.28. The Morgan fingerprint density at radius 2 is 1.80 bits per heavy atom. The molecule has 5 N–H and O–H groups in total. The highest BCUT2D eigenvalue weighted by atomic mass is 32.2. The van der Waals surface area contributed by atoms with Crippen molar-refractivity contribution in [1.29, 1.82) is 0 Å². The third-order valence-corrected chi connectivity index (χ3v) is 7.71. The van der Waals surface area contributed by atoms with E-state index in [0.717, 1.165) is 0 Å². The summed E-state index contributed by atoms with van der Waals surface area (Å²) in [6.07, 6.45) is 0.963. The zero-order valence-corrected chi connectivity index (χ0v) is 20.6. The number of hydrogen-bond donors (Lipinski definition) is 3. The molecule has 1 saturated heterocycles. The zero-order chi connectivity index (χ0) is 25.8. The number of nitrogens with one attached hydrogen (secondary N) is 1. The van der Waals surface area contributed by atoms with Crippen molar-refractivity contribution in [3.8, 4) is 11.1 Å². The van der Waals surface area contributed by atoms with Crippen LogP contribution in [0.2, 0.25) is 0 Å². The minimum absolute atomic E-state index is 0.106. The molecule has 1 aliphatic rings. The van der Waals surface area contributed by atoms with Gasteiger partial charge in [-0.25, -0.2) is 18.0 Å². The lowest BCUT2D eigenvalue weighted by atomic mass is 9.97. The van der Waals surface area contributed by atoms with Gasteiger partial charge in [-0.05, 0) is 47.6 Å². The molecule has 3 rings (SSSR count). The number of sulfone groups is 1. The third-order valence-electron chi connectivity index (χ3n) is 5.82. The monoisotopic (exact) mass is 501 g/mol. The lowest BCUT2D eigenvalue weighted by Gasteiger charge is -2.20. The maximum absolute atomic E-state index is 12.9. The van der Waals surface area contributed by atoms with Crippen molar-refractivity contribution in [3.05, 3.63) is 59.7 Å². The molecule has 1 aliphatic heterocycles. The third kappa shape index (κ3) is 6.74. The topological polar surface area (TPSA) is 159 Å². The van der Waals surface area contributed by atoms with Gasteiger partial charge in [0.25, 0.3) is 0 Å². The van der Waals surface area contributed by atoms with E-state index in [1.54, 1.807) is 36.4 Å². The van der Waals surface area contributed by atoms with Crippen LogP contribution in [0.4, 0.5) is 0 Å². The van der Waals surface area contributed by atoms with Crippen molar-refractivity contribution < 1.29 is 27.5 Å². The quantitative estimate of drug-likeness (QED) is 0.347. The van der Waals surface area contributed by atoms with Crippen molar-refractivity contribution in [2.24, 2.45) is 17.4 Å². The number of hydrogen-bond acceptors (Lipinski definition) is 8. The zero-order valence-electron chi connectivity index (χ0n) is 19.8. The lowest BCUT2D eigenvalue weighted by molar-refractivity contribution is -0.139. The van der Waals surface area contributed by atoms with Gasteiger partial charge >= 0.3 is 11.9 Å². The van der Waals surface area contributed by atoms with Gasteiger partial charge in [0.15, 0.2) is 9.84 Å². The Bertz CT molecular complexity index is 1200. The van der Waals surface area contributed by atoms with Crippen molar-refractivity contribution in [2.75, 3.05) is 0 Å². The molecule has 0 aromatic heterocycles. The summed E-state index contributed by atoms with van der Waals surface area (Å²) in [6, 6.07) is 11.8. The van der Waals surface area contributed by atoms with Crippen LogP contribution in [0.5, 0.6) is 0 Å². The van der Waals surface area contributed by atoms with E-state index in [0.29, 0.717) is 29.5 Å². The average molecular weight is 502 g/mol. The highest BCUT2D eigenvalue weighted by molar-refractivity contribution is 7.91. The van der Waals surface area contributed by atoms with E-state index in [1.165, 1.54) is 12.1 Å². The predicted octanol–water partition coefficient (Wildman–Crippen LogP) is 1.89. The molecule has 0 bridgehead atoms. The lowest BCUT2D eigenvalue weighted by Crippen LogP contribution is -2.47. The smallest absolute Gasteiger partial charge is 0.346 e. The van der Waals surface area contributed by atoms with Crippen LogP contribution in [-0.2, 0) is 29.9 Å². The van der Waals surface area contributed by atoms with Crippen molar-refractivity contribution in [1.82, 2.24) is 5.32 Å². The van der Waals surface area contributed by atoms with E-state index < -0.39 is 39.2 Å². The maximum Gasteiger partial charge on any atom is 0.346 e. The summed E-state index contributed by atoms with van der Waals surface area (Å²) >= 11 is 0. The summed E-state index contributed by atoms with van der Waals surface area (Å²) in [7, 11) is -3.82. The molecule has 0 saturated carbocycles. The summed E-state index contributed by atoms with van der Waals surface area (Å²) in [6.45, 7) is 3.81. The van der Waals surface area contributed by atoms with Gasteiger partial charge in [-0.2, -0.15) is 0 Å². The molecule has 0 radical (unpaired) electrons. The molecule has 2 aromatic rings. The Hall–Kier alpha value is -3.08. The summed E-state index contributed by atoms with van der Waals surface area (Å²) in [5.41, 5.74) is 13.4. The van der Waals surface area contributed by atoms with Gasteiger partial charge in [-0.3, -0.25) is 4.79 Å². The highest BCUT2D eigenvalue weighted by Gasteiger charge is 2.35. The maximum atomic E-state index is 12.9. The second kappa shape index (κ2) is 11.1. The Labute approximate surface area is 205 Å². The van der Waals surface area contributed by atoms with Gasteiger partial charge in [0, 0.05) is 6.42 Å². The first-order valence-corrected chi connectivity index (χ1v) is 13.2. The second-order valence-corrected chi connectivity index (χ2v) is 11.3. The summed E-state index contributed by atoms with van der Waals surface area (Å²) in [5.74, 6) is -2.14. The molecule has 1 amide bonds. The number of carbonyl (C=O) groups is 3.